The summed E-state index contributed by atoms with van der Waals surface area (Å²) in [5.41, 5.74) is 0. The second-order valence-electron chi connectivity index (χ2n) is 1.96. The molecule has 4 N–H and O–H groups in total. The topological polar surface area (TPSA) is 63.0 Å². The smallest absolute Gasteiger partial charge is 0.0342 e. The van der Waals surface area contributed by atoms with Crippen LogP contribution in [0.5, 0.6) is 0 Å². The Morgan fingerprint density at radius 3 is 2.15 bits per heavy atom. The zero-order valence-electron chi connectivity index (χ0n) is 7.87. The third-order valence-electron chi connectivity index (χ3n) is 1.36. The Morgan fingerprint density at radius 2 is 1.54 bits per heavy atom. The van der Waals surface area contributed by atoms with E-state index in [1.54, 1.807) is 11.3 Å². The minimum atomic E-state index is 0. The van der Waals surface area contributed by atoms with Gasteiger partial charge in [-0.15, -0.1) is 11.3 Å². The van der Waals surface area contributed by atoms with Crippen molar-refractivity contribution < 1.29 is 11.0 Å². The zero-order valence-corrected chi connectivity index (χ0v) is 8.69. The highest BCUT2D eigenvalue weighted by molar-refractivity contribution is 7.17. The van der Waals surface area contributed by atoms with E-state index in [1.807, 2.05) is 13.8 Å². The second-order valence-corrected chi connectivity index (χ2v) is 2.91. The summed E-state index contributed by atoms with van der Waals surface area (Å²) in [4.78, 5) is 0. The Morgan fingerprint density at radius 1 is 0.923 bits per heavy atom. The minimum absolute atomic E-state index is 0. The van der Waals surface area contributed by atoms with E-state index in [4.69, 9.17) is 0 Å². The van der Waals surface area contributed by atoms with Gasteiger partial charge in [0.05, 0.1) is 0 Å². The van der Waals surface area contributed by atoms with Gasteiger partial charge in [0.1, 0.15) is 0 Å². The van der Waals surface area contributed by atoms with E-state index in [2.05, 4.69) is 35.7 Å². The van der Waals surface area contributed by atoms with E-state index in [-0.39, 0.29) is 11.0 Å². The van der Waals surface area contributed by atoms with Crippen LogP contribution in [0.1, 0.15) is 13.8 Å². The van der Waals surface area contributed by atoms with E-state index in [1.165, 1.54) is 10.1 Å². The van der Waals surface area contributed by atoms with Crippen LogP contribution in [-0.4, -0.2) is 11.0 Å². The summed E-state index contributed by atoms with van der Waals surface area (Å²) in [6, 6.07) is 10.5. The average molecular weight is 200 g/mol. The average Bonchev–Trinajstić information content (AvgIpc) is 2.55. The summed E-state index contributed by atoms with van der Waals surface area (Å²) in [6.07, 6.45) is 0. The Hall–Kier alpha value is -0.900. The van der Waals surface area contributed by atoms with E-state index in [0.717, 1.165) is 0 Å². The van der Waals surface area contributed by atoms with E-state index in [0.29, 0.717) is 0 Å². The van der Waals surface area contributed by atoms with Crippen LogP contribution in [0.25, 0.3) is 10.1 Å². The van der Waals surface area contributed by atoms with Crippen molar-refractivity contribution in [1.29, 1.82) is 0 Å². The lowest BCUT2D eigenvalue weighted by molar-refractivity contribution is 0.823. The first kappa shape index (κ1) is 14.6. The molecule has 2 nitrogen and oxygen atoms in total. The molecule has 3 heteroatoms. The van der Waals surface area contributed by atoms with Crippen LogP contribution in [-0.2, 0) is 0 Å². The molecule has 0 aliphatic heterocycles. The molecule has 0 unspecified atom stereocenters. The Labute approximate surface area is 82.5 Å². The lowest BCUT2D eigenvalue weighted by Crippen LogP contribution is -1.56. The van der Waals surface area contributed by atoms with Gasteiger partial charge in [-0.2, -0.15) is 0 Å². The third-order valence-corrected chi connectivity index (χ3v) is 2.26. The number of fused-ring (bicyclic) bond motifs is 1. The number of thiophene rings is 1. The molecule has 0 saturated carbocycles. The van der Waals surface area contributed by atoms with Gasteiger partial charge in [0, 0.05) is 4.70 Å². The van der Waals surface area contributed by atoms with Crippen LogP contribution in [0.3, 0.4) is 0 Å². The maximum atomic E-state index is 2.14. The summed E-state index contributed by atoms with van der Waals surface area (Å²) in [5.74, 6) is 0. The highest BCUT2D eigenvalue weighted by Crippen LogP contribution is 2.18. The molecule has 0 saturated heterocycles. The molecule has 0 bridgehead atoms. The summed E-state index contributed by atoms with van der Waals surface area (Å²) < 4.78 is 1.37. The molecule has 0 aliphatic carbocycles. The van der Waals surface area contributed by atoms with Crippen molar-refractivity contribution in [3.05, 3.63) is 35.7 Å². The molecule has 74 valence electrons. The monoisotopic (exact) mass is 200 g/mol. The number of hydrogen-bond acceptors (Lipinski definition) is 1. The van der Waals surface area contributed by atoms with Crippen molar-refractivity contribution in [3.8, 4) is 0 Å². The van der Waals surface area contributed by atoms with Crippen LogP contribution in [0.2, 0.25) is 0 Å². The van der Waals surface area contributed by atoms with E-state index < -0.39 is 0 Å². The van der Waals surface area contributed by atoms with Gasteiger partial charge in [-0.3, -0.25) is 0 Å². The molecule has 1 aromatic heterocycles. The third kappa shape index (κ3) is 3.55. The van der Waals surface area contributed by atoms with Crippen molar-refractivity contribution in [2.75, 3.05) is 0 Å². The van der Waals surface area contributed by atoms with Crippen molar-refractivity contribution in [2.24, 2.45) is 0 Å². The van der Waals surface area contributed by atoms with Crippen molar-refractivity contribution in [1.82, 2.24) is 0 Å². The molecule has 1 aromatic carbocycles. The first-order chi connectivity index (χ1) is 5.47. The molecule has 0 fully saturated rings. The summed E-state index contributed by atoms with van der Waals surface area (Å²) >= 11 is 1.79. The second kappa shape index (κ2) is 7.73. The lowest BCUT2D eigenvalue weighted by Gasteiger charge is -1.82. The molecule has 0 spiro atoms. The van der Waals surface area contributed by atoms with Crippen molar-refractivity contribution >= 4 is 21.4 Å². The van der Waals surface area contributed by atoms with Gasteiger partial charge in [0.25, 0.3) is 0 Å². The van der Waals surface area contributed by atoms with Gasteiger partial charge in [-0.1, -0.05) is 32.0 Å². The largest absolute Gasteiger partial charge is 0.412 e. The molecule has 0 amide bonds. The first-order valence-corrected chi connectivity index (χ1v) is 4.77. The predicted molar refractivity (Wildman–Crippen MR) is 60.4 cm³/mol. The SMILES string of the molecule is CC.O.O.c1ccc2sccc2c1. The fourth-order valence-corrected chi connectivity index (χ4v) is 1.70. The molecule has 0 aliphatic rings. The summed E-state index contributed by atoms with van der Waals surface area (Å²) in [7, 11) is 0. The van der Waals surface area contributed by atoms with Crippen molar-refractivity contribution in [2.45, 2.75) is 13.8 Å². The Bertz CT molecular complexity index is 287. The molecule has 0 radical (unpaired) electrons. The van der Waals surface area contributed by atoms with Gasteiger partial charge in [-0.25, -0.2) is 0 Å². The molecule has 2 rings (SSSR count). The maximum Gasteiger partial charge on any atom is 0.0342 e. The molecule has 1 heterocycles. The quantitative estimate of drug-likeness (QED) is 0.626. The van der Waals surface area contributed by atoms with Gasteiger partial charge in [0.15, 0.2) is 0 Å². The van der Waals surface area contributed by atoms with Crippen LogP contribution in [0, 0.1) is 0 Å². The van der Waals surface area contributed by atoms with Gasteiger partial charge in [-0.05, 0) is 22.9 Å². The molecule has 0 atom stereocenters. The standard InChI is InChI=1S/C8H6S.C2H6.2H2O/c1-2-4-8-7(3-1)5-6-9-8;1-2;;/h1-6H;1-2H3;2*1H2. The maximum absolute atomic E-state index is 2.14. The van der Waals surface area contributed by atoms with Crippen LogP contribution >= 0.6 is 11.3 Å². The normalized spacial score (nSPS) is 7.54. The fourth-order valence-electron chi connectivity index (χ4n) is 0.906. The van der Waals surface area contributed by atoms with Gasteiger partial charge in [0.2, 0.25) is 0 Å². The molecular formula is C10H16O2S. The number of hydrogen-bond donors (Lipinski definition) is 0. The molecule has 13 heavy (non-hydrogen) atoms. The number of rotatable bonds is 0. The van der Waals surface area contributed by atoms with Gasteiger partial charge < -0.3 is 11.0 Å². The highest BCUT2D eigenvalue weighted by atomic mass is 32.1. The first-order valence-electron chi connectivity index (χ1n) is 3.89. The van der Waals surface area contributed by atoms with Crippen LogP contribution < -0.4 is 0 Å². The van der Waals surface area contributed by atoms with Gasteiger partial charge >= 0.3 is 0 Å². The number of benzene rings is 1. The van der Waals surface area contributed by atoms with Crippen LogP contribution in [0.4, 0.5) is 0 Å². The van der Waals surface area contributed by atoms with E-state index in [9.17, 15) is 0 Å². The Kier molecular flexibility index (Phi) is 8.69. The predicted octanol–water partition coefficient (Wildman–Crippen LogP) is 2.28. The summed E-state index contributed by atoms with van der Waals surface area (Å²) in [6.45, 7) is 4.00. The summed E-state index contributed by atoms with van der Waals surface area (Å²) in [5, 5.41) is 3.47. The van der Waals surface area contributed by atoms with E-state index >= 15 is 0 Å². The molecule has 2 aromatic rings. The highest BCUT2D eigenvalue weighted by Gasteiger charge is 1.87. The fraction of sp³-hybridized carbons (Fsp3) is 0.200. The lowest BCUT2D eigenvalue weighted by atomic mass is 10.3. The zero-order chi connectivity index (χ0) is 8.10. The van der Waals surface area contributed by atoms with Crippen molar-refractivity contribution in [3.63, 3.8) is 0 Å². The molecular weight excluding hydrogens is 184 g/mol. The minimum Gasteiger partial charge on any atom is -0.412 e. The van der Waals surface area contributed by atoms with Crippen LogP contribution in [0.15, 0.2) is 35.7 Å². The Balaban J connectivity index is 0.